The second kappa shape index (κ2) is 7.36. The number of methoxy groups -OCH3 is 1. The van der Waals surface area contributed by atoms with Gasteiger partial charge < -0.3 is 10.1 Å². The minimum atomic E-state index is -0.0351. The average molecular weight is 344 g/mol. The lowest BCUT2D eigenvalue weighted by molar-refractivity contribution is -0.121. The van der Waals surface area contributed by atoms with Crippen molar-refractivity contribution in [1.29, 1.82) is 0 Å². The number of carbonyl (C=O) groups excluding carboxylic acids is 1. The number of fused-ring (bicyclic) bond motifs is 1. The van der Waals surface area contributed by atoms with Crippen molar-refractivity contribution in [2.45, 2.75) is 19.5 Å². The van der Waals surface area contributed by atoms with Crippen LogP contribution in [-0.2, 0) is 17.9 Å². The monoisotopic (exact) mass is 343 g/mol. The summed E-state index contributed by atoms with van der Waals surface area (Å²) in [7, 11) is 1.63. The quantitative estimate of drug-likeness (QED) is 0.746. The molecule has 0 radical (unpaired) electrons. The molecular formula is C18H18ClN3O2. The van der Waals surface area contributed by atoms with Crippen molar-refractivity contribution in [2.24, 2.45) is 0 Å². The molecule has 1 amide bonds. The van der Waals surface area contributed by atoms with E-state index in [0.717, 1.165) is 22.2 Å². The number of carbonyl (C=O) groups is 1. The lowest BCUT2D eigenvalue weighted by Gasteiger charge is -2.08. The van der Waals surface area contributed by atoms with Crippen molar-refractivity contribution >= 4 is 28.4 Å². The standard InChI is InChI=1S/C18H18ClN3O2/c1-24-15-6-7-17-14(10-15)12-21-22(17)9-8-18(23)20-11-13-4-2-3-5-16(13)19/h2-7,10,12H,8-9,11H2,1H3,(H,20,23). The number of hydrogen-bond donors (Lipinski definition) is 1. The predicted molar refractivity (Wildman–Crippen MR) is 94.2 cm³/mol. The molecule has 3 aromatic rings. The van der Waals surface area contributed by atoms with E-state index >= 15 is 0 Å². The first-order chi connectivity index (χ1) is 11.7. The maximum absolute atomic E-state index is 12.0. The van der Waals surface area contributed by atoms with E-state index in [2.05, 4.69) is 10.4 Å². The number of benzene rings is 2. The number of nitrogens with one attached hydrogen (secondary N) is 1. The van der Waals surface area contributed by atoms with Crippen LogP contribution in [0.3, 0.4) is 0 Å². The SMILES string of the molecule is COc1ccc2c(cnn2CCC(=O)NCc2ccccc2Cl)c1. The van der Waals surface area contributed by atoms with Crippen molar-refractivity contribution in [1.82, 2.24) is 15.1 Å². The van der Waals surface area contributed by atoms with Gasteiger partial charge in [-0.05, 0) is 29.8 Å². The molecule has 1 heterocycles. The fourth-order valence-electron chi connectivity index (χ4n) is 2.50. The molecular weight excluding hydrogens is 326 g/mol. The van der Waals surface area contributed by atoms with Gasteiger partial charge in [-0.2, -0.15) is 5.10 Å². The van der Waals surface area contributed by atoms with Gasteiger partial charge in [0, 0.05) is 23.4 Å². The van der Waals surface area contributed by atoms with Crippen LogP contribution < -0.4 is 10.1 Å². The van der Waals surface area contributed by atoms with Gasteiger partial charge >= 0.3 is 0 Å². The van der Waals surface area contributed by atoms with Crippen LogP contribution in [0.4, 0.5) is 0 Å². The second-order valence-electron chi connectivity index (χ2n) is 5.41. The van der Waals surface area contributed by atoms with Crippen molar-refractivity contribution in [3.8, 4) is 5.75 Å². The van der Waals surface area contributed by atoms with E-state index in [0.29, 0.717) is 24.5 Å². The van der Waals surface area contributed by atoms with E-state index in [1.807, 2.05) is 47.1 Å². The predicted octanol–water partition coefficient (Wildman–Crippen LogP) is 3.40. The van der Waals surface area contributed by atoms with Crippen LogP contribution in [0.5, 0.6) is 5.75 Å². The summed E-state index contributed by atoms with van der Waals surface area (Å²) in [6, 6.07) is 13.2. The first-order valence-electron chi connectivity index (χ1n) is 7.67. The third kappa shape index (κ3) is 3.68. The molecule has 0 spiro atoms. The minimum absolute atomic E-state index is 0.0351. The summed E-state index contributed by atoms with van der Waals surface area (Å²) < 4.78 is 7.02. The van der Waals surface area contributed by atoms with Gasteiger partial charge in [0.25, 0.3) is 0 Å². The molecule has 0 aliphatic carbocycles. The molecule has 1 N–H and O–H groups in total. The first-order valence-corrected chi connectivity index (χ1v) is 8.05. The summed E-state index contributed by atoms with van der Waals surface area (Å²) in [5.74, 6) is 0.756. The molecule has 124 valence electrons. The number of aryl methyl sites for hydroxylation is 1. The van der Waals surface area contributed by atoms with E-state index in [-0.39, 0.29) is 5.91 Å². The zero-order valence-corrected chi connectivity index (χ0v) is 14.1. The molecule has 5 nitrogen and oxygen atoms in total. The molecule has 0 aliphatic rings. The molecule has 0 bridgehead atoms. The Morgan fingerprint density at radius 2 is 2.12 bits per heavy atom. The zero-order valence-electron chi connectivity index (χ0n) is 13.3. The fraction of sp³-hybridized carbons (Fsp3) is 0.222. The highest BCUT2D eigenvalue weighted by Gasteiger charge is 2.07. The fourth-order valence-corrected chi connectivity index (χ4v) is 2.70. The molecule has 0 unspecified atom stereocenters. The zero-order chi connectivity index (χ0) is 16.9. The molecule has 24 heavy (non-hydrogen) atoms. The molecule has 6 heteroatoms. The first kappa shape index (κ1) is 16.3. The number of ether oxygens (including phenoxy) is 1. The van der Waals surface area contributed by atoms with Crippen molar-refractivity contribution in [3.63, 3.8) is 0 Å². The van der Waals surface area contributed by atoms with E-state index < -0.39 is 0 Å². The summed E-state index contributed by atoms with van der Waals surface area (Å²) in [5.41, 5.74) is 1.89. The molecule has 1 aromatic heterocycles. The summed E-state index contributed by atoms with van der Waals surface area (Å²) >= 11 is 6.08. The van der Waals surface area contributed by atoms with E-state index in [1.165, 1.54) is 0 Å². The molecule has 2 aromatic carbocycles. The van der Waals surface area contributed by atoms with Crippen molar-refractivity contribution in [3.05, 3.63) is 59.2 Å². The Morgan fingerprint density at radius 3 is 2.92 bits per heavy atom. The van der Waals surface area contributed by atoms with Crippen molar-refractivity contribution < 1.29 is 9.53 Å². The maximum atomic E-state index is 12.0. The number of hydrogen-bond acceptors (Lipinski definition) is 3. The maximum Gasteiger partial charge on any atom is 0.222 e. The Kier molecular flexibility index (Phi) is 5.01. The summed E-state index contributed by atoms with van der Waals surface area (Å²) in [4.78, 5) is 12.0. The van der Waals surface area contributed by atoms with Crippen LogP contribution in [0.15, 0.2) is 48.7 Å². The largest absolute Gasteiger partial charge is 0.497 e. The van der Waals surface area contributed by atoms with Crippen LogP contribution in [0, 0.1) is 0 Å². The number of halogens is 1. The van der Waals surface area contributed by atoms with E-state index in [9.17, 15) is 4.79 Å². The molecule has 3 rings (SSSR count). The van der Waals surface area contributed by atoms with Crippen LogP contribution in [0.25, 0.3) is 10.9 Å². The average Bonchev–Trinajstić information content (AvgIpc) is 3.01. The van der Waals surface area contributed by atoms with Crippen LogP contribution >= 0.6 is 11.6 Å². The second-order valence-corrected chi connectivity index (χ2v) is 5.82. The van der Waals surface area contributed by atoms with Crippen LogP contribution in [0.1, 0.15) is 12.0 Å². The Labute approximate surface area is 145 Å². The van der Waals surface area contributed by atoms with E-state index in [4.69, 9.17) is 16.3 Å². The Bertz CT molecular complexity index is 860. The normalized spacial score (nSPS) is 10.8. The third-order valence-electron chi connectivity index (χ3n) is 3.83. The number of nitrogens with zero attached hydrogens (tertiary/aromatic N) is 2. The van der Waals surface area contributed by atoms with Gasteiger partial charge in [0.1, 0.15) is 5.75 Å². The lowest BCUT2D eigenvalue weighted by atomic mass is 10.2. The van der Waals surface area contributed by atoms with Gasteiger partial charge in [0.2, 0.25) is 5.91 Å². The molecule has 0 atom stereocenters. The van der Waals surface area contributed by atoms with Gasteiger partial charge in [0.15, 0.2) is 0 Å². The topological polar surface area (TPSA) is 56.2 Å². The summed E-state index contributed by atoms with van der Waals surface area (Å²) in [6.45, 7) is 0.944. The highest BCUT2D eigenvalue weighted by Crippen LogP contribution is 2.20. The number of aromatic nitrogens is 2. The highest BCUT2D eigenvalue weighted by atomic mass is 35.5. The number of rotatable bonds is 6. The molecule has 0 aliphatic heterocycles. The summed E-state index contributed by atoms with van der Waals surface area (Å²) in [6.07, 6.45) is 2.13. The molecule has 0 fully saturated rings. The van der Waals surface area contributed by atoms with Gasteiger partial charge in [-0.1, -0.05) is 29.8 Å². The number of amides is 1. The Morgan fingerprint density at radius 1 is 1.29 bits per heavy atom. The van der Waals surface area contributed by atoms with Gasteiger partial charge in [0.05, 0.1) is 25.4 Å². The smallest absolute Gasteiger partial charge is 0.222 e. The summed E-state index contributed by atoms with van der Waals surface area (Å²) in [5, 5.41) is 8.87. The molecule has 0 saturated carbocycles. The van der Waals surface area contributed by atoms with E-state index in [1.54, 1.807) is 13.3 Å². The molecule has 0 saturated heterocycles. The third-order valence-corrected chi connectivity index (χ3v) is 4.20. The minimum Gasteiger partial charge on any atom is -0.497 e. The van der Waals surface area contributed by atoms with Crippen LogP contribution in [0.2, 0.25) is 5.02 Å². The lowest BCUT2D eigenvalue weighted by Crippen LogP contribution is -2.24. The highest BCUT2D eigenvalue weighted by molar-refractivity contribution is 6.31. The Hall–Kier alpha value is -2.53. The Balaban J connectivity index is 1.57. The van der Waals surface area contributed by atoms with Crippen molar-refractivity contribution in [2.75, 3.05) is 7.11 Å². The van der Waals surface area contributed by atoms with Gasteiger partial charge in [-0.3, -0.25) is 9.48 Å². The van der Waals surface area contributed by atoms with Gasteiger partial charge in [-0.25, -0.2) is 0 Å². The van der Waals surface area contributed by atoms with Crippen LogP contribution in [-0.4, -0.2) is 22.8 Å². The van der Waals surface area contributed by atoms with Gasteiger partial charge in [-0.15, -0.1) is 0 Å².